The molecule has 1 fully saturated rings. The minimum Gasteiger partial charge on any atom is -0.379 e. The summed E-state index contributed by atoms with van der Waals surface area (Å²) in [5.74, 6) is -0.502. The first-order chi connectivity index (χ1) is 11.6. The maximum absolute atomic E-state index is 13.9. The first-order valence-corrected chi connectivity index (χ1v) is 8.99. The van der Waals surface area contributed by atoms with Gasteiger partial charge in [-0.15, -0.1) is 0 Å². The van der Waals surface area contributed by atoms with Crippen LogP contribution >= 0.6 is 11.6 Å². The zero-order valence-electron chi connectivity index (χ0n) is 14.4. The Morgan fingerprint density at radius 2 is 2.00 bits per heavy atom. The lowest BCUT2D eigenvalue weighted by atomic mass is 9.92. The first-order valence-electron chi connectivity index (χ1n) is 8.61. The second kappa shape index (κ2) is 9.35. The molecule has 0 aromatic heterocycles. The molecule has 1 aliphatic rings. The van der Waals surface area contributed by atoms with E-state index in [0.717, 1.165) is 45.2 Å². The number of hydrogen-bond donors (Lipinski definition) is 1. The van der Waals surface area contributed by atoms with Gasteiger partial charge in [0.2, 0.25) is 0 Å². The lowest BCUT2D eigenvalue weighted by Gasteiger charge is -2.38. The fourth-order valence-corrected chi connectivity index (χ4v) is 3.46. The summed E-state index contributed by atoms with van der Waals surface area (Å²) in [7, 11) is 0. The number of ether oxygens (including phenoxy) is 1. The van der Waals surface area contributed by atoms with Crippen molar-refractivity contribution in [3.8, 4) is 0 Å². The fourth-order valence-electron chi connectivity index (χ4n) is 3.30. The summed E-state index contributed by atoms with van der Waals surface area (Å²) in [6.07, 6.45) is 2.09. The number of hydrogen-bond acceptors (Lipinski definition) is 3. The number of nitrogens with zero attached hydrogens (tertiary/aromatic N) is 1. The monoisotopic (exact) mass is 356 g/mol. The van der Waals surface area contributed by atoms with Gasteiger partial charge in [0, 0.05) is 30.7 Å². The average molecular weight is 357 g/mol. The molecule has 0 spiro atoms. The van der Waals surface area contributed by atoms with Gasteiger partial charge in [0.1, 0.15) is 5.82 Å². The Morgan fingerprint density at radius 3 is 2.58 bits per heavy atom. The van der Waals surface area contributed by atoms with Gasteiger partial charge in [-0.3, -0.25) is 9.69 Å². The van der Waals surface area contributed by atoms with Crippen LogP contribution in [-0.2, 0) is 4.74 Å². The predicted molar refractivity (Wildman–Crippen MR) is 94.0 cm³/mol. The Kier molecular flexibility index (Phi) is 7.46. The van der Waals surface area contributed by atoms with Crippen molar-refractivity contribution in [1.82, 2.24) is 10.2 Å². The highest BCUT2D eigenvalue weighted by atomic mass is 35.5. The highest BCUT2D eigenvalue weighted by Crippen LogP contribution is 2.20. The molecule has 6 heteroatoms. The molecule has 1 amide bonds. The highest BCUT2D eigenvalue weighted by molar-refractivity contribution is 6.30. The van der Waals surface area contributed by atoms with E-state index in [9.17, 15) is 9.18 Å². The number of halogens is 2. The van der Waals surface area contributed by atoms with Crippen LogP contribution < -0.4 is 5.32 Å². The normalized spacial score (nSPS) is 17.0. The van der Waals surface area contributed by atoms with E-state index in [1.165, 1.54) is 12.1 Å². The zero-order chi connectivity index (χ0) is 17.5. The standard InChI is InChI=1S/C18H26ClFN2O2/c1-3-13(4-2)17(22-7-9-24-10-8-22)12-21-18(23)15-6-5-14(19)11-16(15)20/h5-6,11,13,17H,3-4,7-10,12H2,1-2H3,(H,21,23)/t17-/m1/s1. The van der Waals surface area contributed by atoms with E-state index in [4.69, 9.17) is 16.3 Å². The summed E-state index contributed by atoms with van der Waals surface area (Å²) in [4.78, 5) is 14.7. The first kappa shape index (κ1) is 19.2. The third-order valence-electron chi connectivity index (χ3n) is 4.76. The summed E-state index contributed by atoms with van der Waals surface area (Å²) in [5.41, 5.74) is 0.0321. The minimum absolute atomic E-state index is 0.0321. The highest BCUT2D eigenvalue weighted by Gasteiger charge is 2.27. The molecular formula is C18H26ClFN2O2. The second-order valence-electron chi connectivity index (χ2n) is 6.13. The Morgan fingerprint density at radius 1 is 1.33 bits per heavy atom. The van der Waals surface area contributed by atoms with Crippen molar-refractivity contribution >= 4 is 17.5 Å². The maximum atomic E-state index is 13.9. The topological polar surface area (TPSA) is 41.6 Å². The summed E-state index contributed by atoms with van der Waals surface area (Å²) in [5, 5.41) is 3.19. The molecule has 1 aromatic carbocycles. The van der Waals surface area contributed by atoms with E-state index in [2.05, 4.69) is 24.1 Å². The van der Waals surface area contributed by atoms with Crippen molar-refractivity contribution in [2.75, 3.05) is 32.8 Å². The summed E-state index contributed by atoms with van der Waals surface area (Å²) in [6.45, 7) is 8.02. The lowest BCUT2D eigenvalue weighted by Crippen LogP contribution is -2.52. The predicted octanol–water partition coefficient (Wildman–Crippen LogP) is 3.35. The molecule has 0 unspecified atom stereocenters. The molecule has 0 bridgehead atoms. The van der Waals surface area contributed by atoms with Crippen LogP contribution in [0.15, 0.2) is 18.2 Å². The molecule has 1 atom stereocenters. The molecule has 1 aromatic rings. The zero-order valence-corrected chi connectivity index (χ0v) is 15.1. The third kappa shape index (κ3) is 4.91. The average Bonchev–Trinajstić information content (AvgIpc) is 2.59. The van der Waals surface area contributed by atoms with Crippen LogP contribution in [0.25, 0.3) is 0 Å². The van der Waals surface area contributed by atoms with E-state index in [0.29, 0.717) is 12.5 Å². The summed E-state index contributed by atoms with van der Waals surface area (Å²) >= 11 is 5.74. The van der Waals surface area contributed by atoms with Crippen LogP contribution in [0.2, 0.25) is 5.02 Å². The van der Waals surface area contributed by atoms with Crippen molar-refractivity contribution in [3.63, 3.8) is 0 Å². The lowest BCUT2D eigenvalue weighted by molar-refractivity contribution is 0.00190. The van der Waals surface area contributed by atoms with Gasteiger partial charge in [-0.1, -0.05) is 38.3 Å². The molecule has 4 nitrogen and oxygen atoms in total. The molecule has 0 radical (unpaired) electrons. The smallest absolute Gasteiger partial charge is 0.254 e. The van der Waals surface area contributed by atoms with Crippen LogP contribution in [0, 0.1) is 11.7 Å². The van der Waals surface area contributed by atoms with Crippen molar-refractivity contribution in [3.05, 3.63) is 34.6 Å². The minimum atomic E-state index is -0.592. The van der Waals surface area contributed by atoms with Crippen molar-refractivity contribution < 1.29 is 13.9 Å². The van der Waals surface area contributed by atoms with Gasteiger partial charge in [0.15, 0.2) is 0 Å². The number of rotatable bonds is 7. The molecule has 1 heterocycles. The Balaban J connectivity index is 2.04. The molecule has 1 N–H and O–H groups in total. The quantitative estimate of drug-likeness (QED) is 0.814. The number of carbonyl (C=O) groups excluding carboxylic acids is 1. The summed E-state index contributed by atoms with van der Waals surface area (Å²) < 4.78 is 19.3. The van der Waals surface area contributed by atoms with Crippen LogP contribution in [0.3, 0.4) is 0 Å². The molecule has 1 saturated heterocycles. The van der Waals surface area contributed by atoms with Gasteiger partial charge < -0.3 is 10.1 Å². The largest absolute Gasteiger partial charge is 0.379 e. The van der Waals surface area contributed by atoms with E-state index < -0.39 is 11.7 Å². The summed E-state index contributed by atoms with van der Waals surface area (Å²) in [6, 6.07) is 4.35. The van der Waals surface area contributed by atoms with Crippen molar-refractivity contribution in [2.24, 2.45) is 5.92 Å². The Bertz CT molecular complexity index is 546. The third-order valence-corrected chi connectivity index (χ3v) is 4.99. The molecule has 24 heavy (non-hydrogen) atoms. The molecule has 2 rings (SSSR count). The van der Waals surface area contributed by atoms with Gasteiger partial charge in [-0.05, 0) is 24.1 Å². The van der Waals surface area contributed by atoms with Crippen molar-refractivity contribution in [2.45, 2.75) is 32.7 Å². The fraction of sp³-hybridized carbons (Fsp3) is 0.611. The number of morpholine rings is 1. The van der Waals surface area contributed by atoms with Crippen molar-refractivity contribution in [1.29, 1.82) is 0 Å². The van der Waals surface area contributed by atoms with Gasteiger partial charge in [0.05, 0.1) is 18.8 Å². The molecule has 0 aliphatic carbocycles. The van der Waals surface area contributed by atoms with Gasteiger partial charge >= 0.3 is 0 Å². The number of benzene rings is 1. The second-order valence-corrected chi connectivity index (χ2v) is 6.56. The van der Waals surface area contributed by atoms with E-state index in [-0.39, 0.29) is 16.6 Å². The van der Waals surface area contributed by atoms with Crippen LogP contribution in [0.4, 0.5) is 4.39 Å². The SMILES string of the molecule is CCC(CC)[C@@H](CNC(=O)c1ccc(Cl)cc1F)N1CCOCC1. The van der Waals surface area contributed by atoms with Crippen LogP contribution in [0.1, 0.15) is 37.0 Å². The number of amides is 1. The number of nitrogens with one attached hydrogen (secondary N) is 1. The Labute approximate surface area is 148 Å². The Hall–Kier alpha value is -1.17. The van der Waals surface area contributed by atoms with E-state index in [1.807, 2.05) is 0 Å². The van der Waals surface area contributed by atoms with Gasteiger partial charge in [-0.2, -0.15) is 0 Å². The van der Waals surface area contributed by atoms with Gasteiger partial charge in [-0.25, -0.2) is 4.39 Å². The van der Waals surface area contributed by atoms with E-state index >= 15 is 0 Å². The molecule has 0 saturated carbocycles. The molecule has 1 aliphatic heterocycles. The molecule has 134 valence electrons. The van der Waals surface area contributed by atoms with E-state index in [1.54, 1.807) is 0 Å². The molecular weight excluding hydrogens is 331 g/mol. The van der Waals surface area contributed by atoms with Crippen LogP contribution in [0.5, 0.6) is 0 Å². The van der Waals surface area contributed by atoms with Gasteiger partial charge in [0.25, 0.3) is 5.91 Å². The maximum Gasteiger partial charge on any atom is 0.254 e. The number of carbonyl (C=O) groups is 1. The van der Waals surface area contributed by atoms with Crippen LogP contribution in [-0.4, -0.2) is 49.7 Å².